The van der Waals surface area contributed by atoms with Crippen molar-refractivity contribution in [2.24, 2.45) is 0 Å². The van der Waals surface area contributed by atoms with Crippen LogP contribution in [0.2, 0.25) is 0 Å². The molecule has 10 aromatic rings. The standard InChI is InChI=1S/C63H55NO2/c1-3-5-7-16-37-63(38-17-8-6-4-2)54-33-27-43-21-12-14-23-48(43)60(54)52-32-31-47(41-55(52)63)64-56-34-29-46(40-59(56)66-62-50-24-15-13-22-44(50)28-35-57(62)64)45-30-36-58-53(39-45)51-26-18-25-49(61(51)65-58)42-19-10-9-11-20-42/h9-15,18-36,39-41H,3-8,16-17,37-38H2,1-2H3. The maximum absolute atomic E-state index is 7.14. The topological polar surface area (TPSA) is 25.6 Å². The quantitative estimate of drug-likeness (QED) is 0.108. The fraction of sp³-hybridized carbons (Fsp3) is 0.206. The van der Waals surface area contributed by atoms with Crippen LogP contribution in [-0.2, 0) is 5.41 Å². The van der Waals surface area contributed by atoms with E-state index in [0.29, 0.717) is 0 Å². The van der Waals surface area contributed by atoms with Crippen molar-refractivity contribution in [3.63, 3.8) is 0 Å². The molecule has 0 saturated carbocycles. The van der Waals surface area contributed by atoms with Gasteiger partial charge >= 0.3 is 0 Å². The molecule has 3 heteroatoms. The molecule has 0 bridgehead atoms. The number of ether oxygens (including phenoxy) is 1. The summed E-state index contributed by atoms with van der Waals surface area (Å²) in [5.74, 6) is 1.74. The Labute approximate surface area is 388 Å². The molecule has 0 unspecified atom stereocenters. The number of hydrogen-bond donors (Lipinski definition) is 0. The Morgan fingerprint density at radius 1 is 0.455 bits per heavy atom. The van der Waals surface area contributed by atoms with Crippen LogP contribution in [0.4, 0.5) is 17.1 Å². The van der Waals surface area contributed by atoms with Crippen LogP contribution in [0.3, 0.4) is 0 Å². The van der Waals surface area contributed by atoms with Crippen molar-refractivity contribution >= 4 is 60.5 Å². The number of fused-ring (bicyclic) bond motifs is 12. The minimum Gasteiger partial charge on any atom is -0.455 e. The summed E-state index contributed by atoms with van der Waals surface area (Å²) in [6.07, 6.45) is 12.3. The first kappa shape index (κ1) is 40.4. The van der Waals surface area contributed by atoms with E-state index in [1.165, 1.54) is 90.1 Å². The number of hydrogen-bond acceptors (Lipinski definition) is 3. The molecule has 0 spiro atoms. The highest BCUT2D eigenvalue weighted by atomic mass is 16.5. The SMILES string of the molecule is CCCCCCC1(CCCCCC)c2cc(N3c4ccc(-c5ccc6oc7c(-c8ccccc8)cccc7c6c5)cc4Oc4c3ccc3ccccc43)ccc2-c2c1ccc1ccccc21. The fourth-order valence-corrected chi connectivity index (χ4v) is 11.6. The molecule has 1 aliphatic heterocycles. The molecular weight excluding hydrogens is 803 g/mol. The lowest BCUT2D eigenvalue weighted by Crippen LogP contribution is -2.26. The van der Waals surface area contributed by atoms with Crippen molar-refractivity contribution in [3.05, 3.63) is 187 Å². The van der Waals surface area contributed by atoms with Crippen LogP contribution < -0.4 is 9.64 Å². The highest BCUT2D eigenvalue weighted by molar-refractivity contribution is 6.11. The average Bonchev–Trinajstić information content (AvgIpc) is 3.88. The van der Waals surface area contributed by atoms with E-state index in [2.05, 4.69) is 195 Å². The number of anilines is 3. The second kappa shape index (κ2) is 16.7. The summed E-state index contributed by atoms with van der Waals surface area (Å²) in [4.78, 5) is 2.47. The summed E-state index contributed by atoms with van der Waals surface area (Å²) in [7, 11) is 0. The van der Waals surface area contributed by atoms with Gasteiger partial charge in [0.2, 0.25) is 0 Å². The van der Waals surface area contributed by atoms with Crippen LogP contribution in [0.25, 0.3) is 76.9 Å². The van der Waals surface area contributed by atoms with Crippen LogP contribution >= 0.6 is 0 Å². The predicted octanol–water partition coefficient (Wildman–Crippen LogP) is 19.0. The van der Waals surface area contributed by atoms with Crippen LogP contribution in [0, 0.1) is 0 Å². The predicted molar refractivity (Wildman–Crippen MR) is 278 cm³/mol. The maximum atomic E-state index is 7.14. The normalized spacial score (nSPS) is 13.5. The van der Waals surface area contributed by atoms with Gasteiger partial charge in [0, 0.05) is 32.8 Å². The van der Waals surface area contributed by atoms with E-state index in [-0.39, 0.29) is 5.41 Å². The zero-order valence-corrected chi connectivity index (χ0v) is 38.1. The smallest absolute Gasteiger partial charge is 0.159 e. The van der Waals surface area contributed by atoms with Gasteiger partial charge < -0.3 is 14.1 Å². The van der Waals surface area contributed by atoms with Crippen molar-refractivity contribution in [3.8, 4) is 44.9 Å². The lowest BCUT2D eigenvalue weighted by molar-refractivity contribution is 0.401. The molecule has 0 radical (unpaired) electrons. The molecule has 0 saturated heterocycles. The van der Waals surface area contributed by atoms with Gasteiger partial charge in [0.05, 0.1) is 11.4 Å². The van der Waals surface area contributed by atoms with Crippen molar-refractivity contribution in [2.45, 2.75) is 83.5 Å². The van der Waals surface area contributed by atoms with E-state index < -0.39 is 0 Å². The van der Waals surface area contributed by atoms with Gasteiger partial charge in [-0.05, 0) is 110 Å². The molecular formula is C63H55NO2. The second-order valence-electron chi connectivity index (χ2n) is 18.8. The summed E-state index contributed by atoms with van der Waals surface area (Å²) >= 11 is 0. The molecule has 66 heavy (non-hydrogen) atoms. The molecule has 0 N–H and O–H groups in total. The van der Waals surface area contributed by atoms with Gasteiger partial charge in [-0.25, -0.2) is 0 Å². The van der Waals surface area contributed by atoms with Crippen LogP contribution in [0.5, 0.6) is 11.5 Å². The average molecular weight is 858 g/mol. The molecule has 2 aliphatic rings. The first-order valence-electron chi connectivity index (χ1n) is 24.5. The van der Waals surface area contributed by atoms with E-state index in [1.54, 1.807) is 0 Å². The lowest BCUT2D eigenvalue weighted by Gasteiger charge is -2.36. The third-order valence-corrected chi connectivity index (χ3v) is 14.8. The van der Waals surface area contributed by atoms with Crippen LogP contribution in [0.1, 0.15) is 89.2 Å². The Bertz CT molecular complexity index is 3440. The first-order chi connectivity index (χ1) is 32.6. The van der Waals surface area contributed by atoms with E-state index >= 15 is 0 Å². The third kappa shape index (κ3) is 6.62. The van der Waals surface area contributed by atoms with Gasteiger partial charge in [0.15, 0.2) is 11.5 Å². The molecule has 324 valence electrons. The van der Waals surface area contributed by atoms with E-state index in [9.17, 15) is 0 Å². The lowest BCUT2D eigenvalue weighted by atomic mass is 9.70. The fourth-order valence-electron chi connectivity index (χ4n) is 11.6. The Morgan fingerprint density at radius 3 is 1.94 bits per heavy atom. The van der Waals surface area contributed by atoms with Crippen LogP contribution in [0.15, 0.2) is 180 Å². The summed E-state index contributed by atoms with van der Waals surface area (Å²) < 4.78 is 13.7. The number of unbranched alkanes of at least 4 members (excludes halogenated alkanes) is 6. The molecule has 3 nitrogen and oxygen atoms in total. The minimum absolute atomic E-state index is 0.0604. The molecule has 0 amide bonds. The summed E-state index contributed by atoms with van der Waals surface area (Å²) in [6.45, 7) is 4.65. The van der Waals surface area contributed by atoms with E-state index in [1.807, 2.05) is 0 Å². The number of furan rings is 1. The van der Waals surface area contributed by atoms with E-state index in [0.717, 1.165) is 90.7 Å². The highest BCUT2D eigenvalue weighted by Crippen LogP contribution is 2.59. The van der Waals surface area contributed by atoms with Gasteiger partial charge in [0.1, 0.15) is 11.2 Å². The Balaban J connectivity index is 1.02. The summed E-state index contributed by atoms with van der Waals surface area (Å²) in [5, 5.41) is 7.18. The summed E-state index contributed by atoms with van der Waals surface area (Å²) in [6, 6.07) is 64.8. The number of para-hydroxylation sites is 1. The number of benzene rings is 9. The molecule has 2 heterocycles. The Kier molecular flexibility index (Phi) is 10.2. The molecule has 12 rings (SSSR count). The zero-order valence-electron chi connectivity index (χ0n) is 38.1. The van der Waals surface area contributed by atoms with Gasteiger partial charge in [-0.2, -0.15) is 0 Å². The van der Waals surface area contributed by atoms with Crippen molar-refractivity contribution < 1.29 is 9.15 Å². The van der Waals surface area contributed by atoms with Gasteiger partial charge in [0.25, 0.3) is 0 Å². The highest BCUT2D eigenvalue weighted by Gasteiger charge is 2.44. The molecule has 0 fully saturated rings. The number of rotatable bonds is 13. The largest absolute Gasteiger partial charge is 0.455 e. The third-order valence-electron chi connectivity index (χ3n) is 14.8. The van der Waals surface area contributed by atoms with E-state index in [4.69, 9.17) is 9.15 Å². The van der Waals surface area contributed by atoms with Crippen molar-refractivity contribution in [2.75, 3.05) is 4.90 Å². The molecule has 1 aromatic heterocycles. The maximum Gasteiger partial charge on any atom is 0.159 e. The Morgan fingerprint density at radius 2 is 1.14 bits per heavy atom. The minimum atomic E-state index is -0.0604. The van der Waals surface area contributed by atoms with Crippen molar-refractivity contribution in [1.82, 2.24) is 0 Å². The molecule has 1 aliphatic carbocycles. The number of nitrogens with zero attached hydrogens (tertiary/aromatic N) is 1. The van der Waals surface area contributed by atoms with Gasteiger partial charge in [-0.1, -0.05) is 199 Å². The van der Waals surface area contributed by atoms with Crippen LogP contribution in [-0.4, -0.2) is 0 Å². The van der Waals surface area contributed by atoms with Crippen molar-refractivity contribution in [1.29, 1.82) is 0 Å². The molecule has 9 aromatic carbocycles. The van der Waals surface area contributed by atoms with Gasteiger partial charge in [-0.3, -0.25) is 0 Å². The first-order valence-corrected chi connectivity index (χ1v) is 24.5. The monoisotopic (exact) mass is 857 g/mol. The summed E-state index contributed by atoms with van der Waals surface area (Å²) in [5.41, 5.74) is 15.4. The zero-order chi connectivity index (χ0) is 44.2. The second-order valence-corrected chi connectivity index (χ2v) is 18.8. The van der Waals surface area contributed by atoms with Gasteiger partial charge in [-0.15, -0.1) is 0 Å². The Hall–Kier alpha value is -7.10. The molecule has 0 atom stereocenters.